The van der Waals surface area contributed by atoms with E-state index in [1.165, 1.54) is 0 Å². The summed E-state index contributed by atoms with van der Waals surface area (Å²) in [5.74, 6) is 1.68. The van der Waals surface area contributed by atoms with Crippen molar-refractivity contribution in [3.63, 3.8) is 0 Å². The SMILES string of the molecule is CN=C(NCCc1cccc(C(=O)N(C)C)c1)NCc1nc2ccccc2n1C. The van der Waals surface area contributed by atoms with E-state index < -0.39 is 0 Å². The Balaban J connectivity index is 1.54. The number of aliphatic imine (C=N–C) groups is 1. The van der Waals surface area contributed by atoms with Crippen molar-refractivity contribution in [1.29, 1.82) is 0 Å². The molecule has 0 saturated carbocycles. The molecule has 0 saturated heterocycles. The van der Waals surface area contributed by atoms with Crippen molar-refractivity contribution in [1.82, 2.24) is 25.1 Å². The smallest absolute Gasteiger partial charge is 0.253 e. The first-order valence-corrected chi connectivity index (χ1v) is 9.65. The summed E-state index contributed by atoms with van der Waals surface area (Å²) in [5, 5.41) is 6.63. The fourth-order valence-corrected chi connectivity index (χ4v) is 3.18. The average Bonchev–Trinajstić information content (AvgIpc) is 3.06. The van der Waals surface area contributed by atoms with Crippen LogP contribution in [0.1, 0.15) is 21.7 Å². The molecule has 7 nitrogen and oxygen atoms in total. The fourth-order valence-electron chi connectivity index (χ4n) is 3.18. The number of fused-ring (bicyclic) bond motifs is 1. The predicted octanol–water partition coefficient (Wildman–Crippen LogP) is 2.18. The summed E-state index contributed by atoms with van der Waals surface area (Å²) in [6, 6.07) is 15.8. The summed E-state index contributed by atoms with van der Waals surface area (Å²) >= 11 is 0. The third-order valence-electron chi connectivity index (χ3n) is 4.80. The zero-order valence-corrected chi connectivity index (χ0v) is 17.4. The first-order valence-electron chi connectivity index (χ1n) is 9.65. The molecule has 0 unspecified atom stereocenters. The normalized spacial score (nSPS) is 11.5. The van der Waals surface area contributed by atoms with Gasteiger partial charge < -0.3 is 20.1 Å². The maximum absolute atomic E-state index is 12.1. The van der Waals surface area contributed by atoms with E-state index in [9.17, 15) is 4.79 Å². The number of aryl methyl sites for hydroxylation is 1. The number of hydrogen-bond acceptors (Lipinski definition) is 3. The van der Waals surface area contributed by atoms with Gasteiger partial charge in [-0.2, -0.15) is 0 Å². The van der Waals surface area contributed by atoms with Crippen LogP contribution < -0.4 is 10.6 Å². The van der Waals surface area contributed by atoms with Crippen LogP contribution >= 0.6 is 0 Å². The largest absolute Gasteiger partial charge is 0.356 e. The second-order valence-corrected chi connectivity index (χ2v) is 7.08. The van der Waals surface area contributed by atoms with Crippen LogP contribution in [0.25, 0.3) is 11.0 Å². The zero-order valence-electron chi connectivity index (χ0n) is 17.4. The molecule has 3 aromatic rings. The minimum atomic E-state index is 0.0136. The highest BCUT2D eigenvalue weighted by molar-refractivity contribution is 5.94. The number of rotatable bonds is 6. The lowest BCUT2D eigenvalue weighted by atomic mass is 10.1. The van der Waals surface area contributed by atoms with E-state index >= 15 is 0 Å². The summed E-state index contributed by atoms with van der Waals surface area (Å²) in [6.07, 6.45) is 0.793. The summed E-state index contributed by atoms with van der Waals surface area (Å²) in [6.45, 7) is 1.29. The van der Waals surface area contributed by atoms with Crippen molar-refractivity contribution in [2.24, 2.45) is 12.0 Å². The number of para-hydroxylation sites is 2. The molecule has 0 radical (unpaired) electrons. The Labute approximate surface area is 171 Å². The Kier molecular flexibility index (Phi) is 6.49. The first kappa shape index (κ1) is 20.4. The molecular formula is C22H28N6O. The van der Waals surface area contributed by atoms with Crippen LogP contribution in [0.5, 0.6) is 0 Å². The molecule has 0 aliphatic heterocycles. The van der Waals surface area contributed by atoms with Gasteiger partial charge in [0.25, 0.3) is 5.91 Å². The van der Waals surface area contributed by atoms with Gasteiger partial charge in [-0.15, -0.1) is 0 Å². The fraction of sp³-hybridized carbons (Fsp3) is 0.318. The number of nitrogens with zero attached hydrogens (tertiary/aromatic N) is 4. The maximum Gasteiger partial charge on any atom is 0.253 e. The highest BCUT2D eigenvalue weighted by atomic mass is 16.2. The van der Waals surface area contributed by atoms with Gasteiger partial charge in [0.05, 0.1) is 17.6 Å². The Morgan fingerprint density at radius 3 is 2.66 bits per heavy atom. The van der Waals surface area contributed by atoms with Gasteiger partial charge in [0.2, 0.25) is 0 Å². The van der Waals surface area contributed by atoms with E-state index in [0.29, 0.717) is 18.7 Å². The standard InChI is InChI=1S/C22H28N6O/c1-23-22(25-15-20-26-18-10-5-6-11-19(18)28(20)4)24-13-12-16-8-7-9-17(14-16)21(29)27(2)3/h5-11,14H,12-13,15H2,1-4H3,(H2,23,24,25). The Hall–Kier alpha value is -3.35. The summed E-state index contributed by atoms with van der Waals surface area (Å²) in [4.78, 5) is 22.6. The average molecular weight is 393 g/mol. The molecular weight excluding hydrogens is 364 g/mol. The molecule has 1 heterocycles. The molecule has 0 aliphatic carbocycles. The third kappa shape index (κ3) is 4.93. The van der Waals surface area contributed by atoms with Crippen LogP contribution in [-0.2, 0) is 20.0 Å². The van der Waals surface area contributed by atoms with E-state index in [4.69, 9.17) is 0 Å². The molecule has 1 amide bonds. The van der Waals surface area contributed by atoms with Gasteiger partial charge in [-0.3, -0.25) is 9.79 Å². The van der Waals surface area contributed by atoms with Gasteiger partial charge in [-0.25, -0.2) is 4.98 Å². The van der Waals surface area contributed by atoms with E-state index in [2.05, 4.69) is 31.2 Å². The lowest BCUT2D eigenvalue weighted by Gasteiger charge is -2.13. The number of aromatic nitrogens is 2. The topological polar surface area (TPSA) is 74.6 Å². The van der Waals surface area contributed by atoms with Crippen molar-refractivity contribution in [3.8, 4) is 0 Å². The molecule has 2 aromatic carbocycles. The number of carbonyl (C=O) groups is 1. The van der Waals surface area contributed by atoms with Crippen molar-refractivity contribution in [2.75, 3.05) is 27.7 Å². The number of guanidine groups is 1. The van der Waals surface area contributed by atoms with Crippen LogP contribution in [0.3, 0.4) is 0 Å². The minimum absolute atomic E-state index is 0.0136. The number of hydrogen-bond donors (Lipinski definition) is 2. The minimum Gasteiger partial charge on any atom is -0.356 e. The lowest BCUT2D eigenvalue weighted by Crippen LogP contribution is -2.38. The molecule has 29 heavy (non-hydrogen) atoms. The molecule has 152 valence electrons. The highest BCUT2D eigenvalue weighted by Crippen LogP contribution is 2.13. The second-order valence-electron chi connectivity index (χ2n) is 7.08. The summed E-state index contributed by atoms with van der Waals surface area (Å²) in [5.41, 5.74) is 3.91. The van der Waals surface area contributed by atoms with Crippen LogP contribution in [0, 0.1) is 0 Å². The third-order valence-corrected chi connectivity index (χ3v) is 4.80. The van der Waals surface area contributed by atoms with Crippen LogP contribution in [-0.4, -0.2) is 54.0 Å². The zero-order chi connectivity index (χ0) is 20.8. The van der Waals surface area contributed by atoms with E-state index in [1.807, 2.05) is 49.5 Å². The molecule has 0 atom stereocenters. The van der Waals surface area contributed by atoms with Gasteiger partial charge in [-0.1, -0.05) is 24.3 Å². The van der Waals surface area contributed by atoms with Crippen LogP contribution in [0.15, 0.2) is 53.5 Å². The first-order chi connectivity index (χ1) is 14.0. The van der Waals surface area contributed by atoms with Crippen molar-refractivity contribution in [2.45, 2.75) is 13.0 Å². The van der Waals surface area contributed by atoms with Crippen LogP contribution in [0.4, 0.5) is 0 Å². The van der Waals surface area contributed by atoms with Crippen molar-refractivity contribution in [3.05, 3.63) is 65.5 Å². The monoisotopic (exact) mass is 392 g/mol. The quantitative estimate of drug-likeness (QED) is 0.498. The maximum atomic E-state index is 12.1. The number of carbonyl (C=O) groups excluding carboxylic acids is 1. The summed E-state index contributed by atoms with van der Waals surface area (Å²) < 4.78 is 2.09. The number of benzene rings is 2. The van der Waals surface area contributed by atoms with Gasteiger partial charge in [-0.05, 0) is 36.2 Å². The van der Waals surface area contributed by atoms with Gasteiger partial charge in [0.15, 0.2) is 5.96 Å². The van der Waals surface area contributed by atoms with E-state index in [1.54, 1.807) is 26.0 Å². The molecule has 0 aliphatic rings. The Morgan fingerprint density at radius 1 is 1.14 bits per heavy atom. The van der Waals surface area contributed by atoms with Gasteiger partial charge in [0.1, 0.15) is 5.82 Å². The molecule has 0 fully saturated rings. The predicted molar refractivity (Wildman–Crippen MR) is 117 cm³/mol. The van der Waals surface area contributed by atoms with E-state index in [-0.39, 0.29) is 5.91 Å². The van der Waals surface area contributed by atoms with Gasteiger partial charge >= 0.3 is 0 Å². The molecule has 1 aromatic heterocycles. The number of amides is 1. The lowest BCUT2D eigenvalue weighted by molar-refractivity contribution is 0.0827. The van der Waals surface area contributed by atoms with Gasteiger partial charge in [0, 0.05) is 40.3 Å². The Morgan fingerprint density at radius 2 is 1.93 bits per heavy atom. The van der Waals surface area contributed by atoms with Crippen molar-refractivity contribution >= 4 is 22.9 Å². The number of nitrogens with one attached hydrogen (secondary N) is 2. The second kappa shape index (κ2) is 9.23. The molecule has 0 spiro atoms. The number of imidazole rings is 1. The Bertz CT molecular complexity index is 1020. The molecule has 0 bridgehead atoms. The molecule has 2 N–H and O–H groups in total. The van der Waals surface area contributed by atoms with E-state index in [0.717, 1.165) is 34.8 Å². The molecule has 7 heteroatoms. The molecule has 3 rings (SSSR count). The van der Waals surface area contributed by atoms with Crippen LogP contribution in [0.2, 0.25) is 0 Å². The summed E-state index contributed by atoms with van der Waals surface area (Å²) in [7, 11) is 7.29. The highest BCUT2D eigenvalue weighted by Gasteiger charge is 2.09. The van der Waals surface area contributed by atoms with Crippen molar-refractivity contribution < 1.29 is 4.79 Å².